The maximum absolute atomic E-state index is 12.6. The van der Waals surface area contributed by atoms with Crippen LogP contribution in [0.3, 0.4) is 0 Å². The molecule has 3 rings (SSSR count). The Kier molecular flexibility index (Phi) is 6.88. The first-order valence-electron chi connectivity index (χ1n) is 9.65. The summed E-state index contributed by atoms with van der Waals surface area (Å²) < 4.78 is 49.0. The van der Waals surface area contributed by atoms with Crippen molar-refractivity contribution in [2.24, 2.45) is 4.99 Å². The van der Waals surface area contributed by atoms with Gasteiger partial charge in [-0.15, -0.1) is 0 Å². The summed E-state index contributed by atoms with van der Waals surface area (Å²) in [7, 11) is 0. The van der Waals surface area contributed by atoms with Gasteiger partial charge in [0.05, 0.1) is 26.3 Å². The maximum Gasteiger partial charge on any atom is 0.401 e. The van der Waals surface area contributed by atoms with E-state index in [1.54, 1.807) is 0 Å². The Morgan fingerprint density at radius 3 is 2.79 bits per heavy atom. The Balaban J connectivity index is 1.58. The van der Waals surface area contributed by atoms with Crippen molar-refractivity contribution in [1.82, 2.24) is 15.5 Å². The lowest BCUT2D eigenvalue weighted by molar-refractivity contribution is -0.143. The molecule has 0 bridgehead atoms. The van der Waals surface area contributed by atoms with E-state index in [0.29, 0.717) is 51.8 Å². The molecule has 1 aromatic carbocycles. The fourth-order valence-electron chi connectivity index (χ4n) is 3.34. The number of benzene rings is 1. The Morgan fingerprint density at radius 2 is 2.04 bits per heavy atom. The van der Waals surface area contributed by atoms with E-state index in [4.69, 9.17) is 9.47 Å². The van der Waals surface area contributed by atoms with Crippen LogP contribution in [-0.2, 0) is 6.54 Å². The molecule has 28 heavy (non-hydrogen) atoms. The lowest BCUT2D eigenvalue weighted by atomic mass is 10.2. The minimum absolute atomic E-state index is 0.0519. The predicted molar refractivity (Wildman–Crippen MR) is 101 cm³/mol. The van der Waals surface area contributed by atoms with Gasteiger partial charge < -0.3 is 20.1 Å². The third kappa shape index (κ3) is 6.19. The topological polar surface area (TPSA) is 58.1 Å². The summed E-state index contributed by atoms with van der Waals surface area (Å²) in [5.41, 5.74) is 0.978. The third-order valence-corrected chi connectivity index (χ3v) is 4.59. The zero-order valence-electron chi connectivity index (χ0n) is 16.0. The first-order valence-corrected chi connectivity index (χ1v) is 9.65. The van der Waals surface area contributed by atoms with E-state index in [1.165, 1.54) is 4.90 Å². The first-order chi connectivity index (χ1) is 13.4. The average Bonchev–Trinajstić information content (AvgIpc) is 2.92. The van der Waals surface area contributed by atoms with Crippen LogP contribution in [0.2, 0.25) is 0 Å². The maximum atomic E-state index is 12.6. The van der Waals surface area contributed by atoms with Crippen LogP contribution in [-0.4, -0.2) is 62.5 Å². The van der Waals surface area contributed by atoms with E-state index in [0.717, 1.165) is 23.5 Å². The number of hydrogen-bond acceptors (Lipinski definition) is 4. The molecule has 156 valence electrons. The minimum Gasteiger partial charge on any atom is -0.490 e. The van der Waals surface area contributed by atoms with E-state index in [2.05, 4.69) is 15.6 Å². The zero-order valence-corrected chi connectivity index (χ0v) is 16.0. The quantitative estimate of drug-likeness (QED) is 0.588. The molecule has 0 aromatic heterocycles. The number of alkyl halides is 3. The van der Waals surface area contributed by atoms with Crippen LogP contribution >= 0.6 is 0 Å². The molecule has 2 aliphatic heterocycles. The van der Waals surface area contributed by atoms with E-state index >= 15 is 0 Å². The number of guanidine groups is 1. The number of rotatable bonds is 5. The van der Waals surface area contributed by atoms with Crippen LogP contribution in [0.15, 0.2) is 23.2 Å². The van der Waals surface area contributed by atoms with Gasteiger partial charge in [0, 0.05) is 32.1 Å². The minimum atomic E-state index is -4.16. The lowest BCUT2D eigenvalue weighted by Crippen LogP contribution is -2.45. The van der Waals surface area contributed by atoms with Gasteiger partial charge in [0.15, 0.2) is 17.5 Å². The predicted octanol–water partition coefficient (Wildman–Crippen LogP) is 2.54. The smallest absolute Gasteiger partial charge is 0.401 e. The van der Waals surface area contributed by atoms with Crippen molar-refractivity contribution in [3.05, 3.63) is 23.8 Å². The van der Waals surface area contributed by atoms with Crippen molar-refractivity contribution in [3.63, 3.8) is 0 Å². The van der Waals surface area contributed by atoms with E-state index in [-0.39, 0.29) is 6.04 Å². The molecule has 9 heteroatoms. The van der Waals surface area contributed by atoms with Gasteiger partial charge in [-0.25, -0.2) is 4.99 Å². The number of halogens is 3. The molecular formula is C19H27F3N4O2. The van der Waals surface area contributed by atoms with E-state index in [9.17, 15) is 13.2 Å². The molecule has 1 atom stereocenters. The van der Waals surface area contributed by atoms with Gasteiger partial charge in [-0.2, -0.15) is 13.2 Å². The molecule has 0 radical (unpaired) electrons. The highest BCUT2D eigenvalue weighted by Crippen LogP contribution is 2.30. The number of ether oxygens (including phenoxy) is 2. The number of likely N-dealkylation sites (tertiary alicyclic amines) is 1. The van der Waals surface area contributed by atoms with Crippen LogP contribution in [0, 0.1) is 0 Å². The second-order valence-corrected chi connectivity index (χ2v) is 7.01. The summed E-state index contributed by atoms with van der Waals surface area (Å²) in [5.74, 6) is 2.07. The Labute approximate surface area is 163 Å². The molecule has 6 nitrogen and oxygen atoms in total. The number of nitrogens with zero attached hydrogens (tertiary/aromatic N) is 2. The summed E-state index contributed by atoms with van der Waals surface area (Å²) in [5, 5.41) is 6.41. The Morgan fingerprint density at radius 1 is 1.25 bits per heavy atom. The zero-order chi connectivity index (χ0) is 20.0. The third-order valence-electron chi connectivity index (χ3n) is 4.59. The Bertz CT molecular complexity index is 682. The second-order valence-electron chi connectivity index (χ2n) is 7.01. The molecule has 0 spiro atoms. The van der Waals surface area contributed by atoms with Crippen molar-refractivity contribution >= 4 is 5.96 Å². The fraction of sp³-hybridized carbons (Fsp3) is 0.632. The Hall–Kier alpha value is -2.16. The molecular weight excluding hydrogens is 373 g/mol. The summed E-state index contributed by atoms with van der Waals surface area (Å²) >= 11 is 0. The highest BCUT2D eigenvalue weighted by molar-refractivity contribution is 5.80. The van der Waals surface area contributed by atoms with Gasteiger partial charge in [0.1, 0.15) is 0 Å². The molecule has 2 heterocycles. The highest BCUT2D eigenvalue weighted by Gasteiger charge is 2.34. The largest absolute Gasteiger partial charge is 0.490 e. The molecule has 0 saturated carbocycles. The molecule has 2 N–H and O–H groups in total. The van der Waals surface area contributed by atoms with Crippen LogP contribution in [0.4, 0.5) is 13.2 Å². The second kappa shape index (κ2) is 9.36. The number of aliphatic imine (C=N–C) groups is 1. The van der Waals surface area contributed by atoms with E-state index < -0.39 is 12.7 Å². The van der Waals surface area contributed by atoms with Crippen molar-refractivity contribution in [2.45, 2.75) is 38.5 Å². The summed E-state index contributed by atoms with van der Waals surface area (Å²) in [6.45, 7) is 4.25. The number of nitrogens with one attached hydrogen (secondary N) is 2. The SMILES string of the molecule is CCNC(=NCc1ccc2c(c1)OCCCO2)NC1CCN(CC(F)(F)F)C1. The monoisotopic (exact) mass is 400 g/mol. The van der Waals surface area contributed by atoms with Crippen molar-refractivity contribution in [1.29, 1.82) is 0 Å². The van der Waals surface area contributed by atoms with Gasteiger partial charge in [-0.05, 0) is 31.0 Å². The average molecular weight is 400 g/mol. The van der Waals surface area contributed by atoms with Gasteiger partial charge in [-0.3, -0.25) is 4.90 Å². The molecule has 0 amide bonds. The van der Waals surface area contributed by atoms with E-state index in [1.807, 2.05) is 25.1 Å². The van der Waals surface area contributed by atoms with Crippen LogP contribution in [0.1, 0.15) is 25.3 Å². The van der Waals surface area contributed by atoms with Crippen LogP contribution in [0.25, 0.3) is 0 Å². The van der Waals surface area contributed by atoms with Crippen molar-refractivity contribution < 1.29 is 22.6 Å². The van der Waals surface area contributed by atoms with Gasteiger partial charge in [-0.1, -0.05) is 6.07 Å². The number of hydrogen-bond donors (Lipinski definition) is 2. The number of fused-ring (bicyclic) bond motifs is 1. The molecule has 1 aromatic rings. The summed E-state index contributed by atoms with van der Waals surface area (Å²) in [6.07, 6.45) is -2.65. The summed E-state index contributed by atoms with van der Waals surface area (Å²) in [6, 6.07) is 5.71. The van der Waals surface area contributed by atoms with Crippen molar-refractivity contribution in [3.8, 4) is 11.5 Å². The van der Waals surface area contributed by atoms with Gasteiger partial charge in [0.25, 0.3) is 0 Å². The first kappa shape index (κ1) is 20.6. The van der Waals surface area contributed by atoms with Crippen LogP contribution < -0.4 is 20.1 Å². The fourth-order valence-corrected chi connectivity index (χ4v) is 3.34. The molecule has 2 aliphatic rings. The van der Waals surface area contributed by atoms with Crippen molar-refractivity contribution in [2.75, 3.05) is 39.4 Å². The molecule has 1 saturated heterocycles. The highest BCUT2D eigenvalue weighted by atomic mass is 19.4. The summed E-state index contributed by atoms with van der Waals surface area (Å²) in [4.78, 5) is 6.00. The standard InChI is InChI=1S/C19H27F3N4O2/c1-2-23-18(25-15-6-7-26(12-15)13-19(20,21)22)24-11-14-4-5-16-17(10-14)28-9-3-8-27-16/h4-5,10,15H,2-3,6-9,11-13H2,1H3,(H2,23,24,25). The van der Waals surface area contributed by atoms with Gasteiger partial charge >= 0.3 is 6.18 Å². The molecule has 0 aliphatic carbocycles. The normalized spacial score (nSPS) is 20.7. The van der Waals surface area contributed by atoms with Crippen LogP contribution in [0.5, 0.6) is 11.5 Å². The molecule has 1 fully saturated rings. The lowest BCUT2D eigenvalue weighted by Gasteiger charge is -2.19. The van der Waals surface area contributed by atoms with Gasteiger partial charge in [0.2, 0.25) is 0 Å². The molecule has 1 unspecified atom stereocenters.